The van der Waals surface area contributed by atoms with Gasteiger partial charge in [-0.3, -0.25) is 4.68 Å². The second-order valence-corrected chi connectivity index (χ2v) is 6.22. The third-order valence-corrected chi connectivity index (χ3v) is 4.93. The Balaban J connectivity index is 2.09. The highest BCUT2D eigenvalue weighted by Gasteiger charge is 2.15. The maximum absolute atomic E-state index is 4.48. The Hall–Kier alpha value is -1.13. The molecule has 0 radical (unpaired) electrons. The van der Waals surface area contributed by atoms with Gasteiger partial charge < -0.3 is 5.32 Å². The number of nitrogens with zero attached hydrogens (tertiary/aromatic N) is 2. The number of hydrogen-bond acceptors (Lipinski definition) is 2. The SMILES string of the molecule is CCNCC(CCc1c(Br)c(C)nn1C)c1ccccc1. The zero-order valence-corrected chi connectivity index (χ0v) is 14.7. The van der Waals surface area contributed by atoms with Crippen LogP contribution < -0.4 is 5.32 Å². The molecule has 0 saturated heterocycles. The van der Waals surface area contributed by atoms with Crippen LogP contribution in [0.25, 0.3) is 0 Å². The number of halogens is 1. The summed E-state index contributed by atoms with van der Waals surface area (Å²) in [6.07, 6.45) is 2.15. The van der Waals surface area contributed by atoms with Crippen molar-refractivity contribution in [1.82, 2.24) is 15.1 Å². The van der Waals surface area contributed by atoms with Crippen LogP contribution in [0.1, 0.15) is 36.2 Å². The Morgan fingerprint density at radius 1 is 1.29 bits per heavy atom. The number of likely N-dealkylation sites (N-methyl/N-ethyl adjacent to an activating group) is 1. The van der Waals surface area contributed by atoms with Crippen LogP contribution in [0.4, 0.5) is 0 Å². The van der Waals surface area contributed by atoms with Gasteiger partial charge in [-0.1, -0.05) is 37.3 Å². The zero-order chi connectivity index (χ0) is 15.2. The van der Waals surface area contributed by atoms with Gasteiger partial charge in [0, 0.05) is 13.6 Å². The highest BCUT2D eigenvalue weighted by Crippen LogP contribution is 2.26. The number of aromatic nitrogens is 2. The minimum Gasteiger partial charge on any atom is -0.316 e. The molecule has 114 valence electrons. The first-order chi connectivity index (χ1) is 10.1. The molecule has 2 rings (SSSR count). The molecule has 21 heavy (non-hydrogen) atoms. The lowest BCUT2D eigenvalue weighted by Gasteiger charge is -2.18. The Kier molecular flexibility index (Phi) is 6.00. The lowest BCUT2D eigenvalue weighted by molar-refractivity contribution is 0.548. The summed E-state index contributed by atoms with van der Waals surface area (Å²) < 4.78 is 3.15. The maximum Gasteiger partial charge on any atom is 0.0738 e. The average molecular weight is 350 g/mol. The van der Waals surface area contributed by atoms with Crippen LogP contribution in [-0.2, 0) is 13.5 Å². The molecule has 0 bridgehead atoms. The minimum atomic E-state index is 0.535. The molecule has 3 nitrogen and oxygen atoms in total. The Labute approximate surface area is 135 Å². The zero-order valence-electron chi connectivity index (χ0n) is 13.1. The molecule has 1 aromatic heterocycles. The van der Waals surface area contributed by atoms with Gasteiger partial charge in [0.05, 0.1) is 15.9 Å². The molecule has 0 aliphatic rings. The van der Waals surface area contributed by atoms with E-state index in [9.17, 15) is 0 Å². The summed E-state index contributed by atoms with van der Waals surface area (Å²) in [6, 6.07) is 10.8. The molecular weight excluding hydrogens is 326 g/mol. The van der Waals surface area contributed by atoms with Gasteiger partial charge in [0.15, 0.2) is 0 Å². The number of aryl methyl sites for hydroxylation is 2. The Bertz CT molecular complexity index is 563. The first-order valence-corrected chi connectivity index (χ1v) is 8.36. The molecule has 0 spiro atoms. The molecule has 0 aliphatic heterocycles. The van der Waals surface area contributed by atoms with Gasteiger partial charge >= 0.3 is 0 Å². The van der Waals surface area contributed by atoms with Gasteiger partial charge in [-0.15, -0.1) is 0 Å². The third-order valence-electron chi connectivity index (χ3n) is 3.90. The molecule has 1 unspecified atom stereocenters. The highest BCUT2D eigenvalue weighted by molar-refractivity contribution is 9.10. The van der Waals surface area contributed by atoms with E-state index in [2.05, 4.69) is 63.6 Å². The summed E-state index contributed by atoms with van der Waals surface area (Å²) in [5.74, 6) is 0.535. The molecule has 0 saturated carbocycles. The first kappa shape index (κ1) is 16.2. The molecule has 4 heteroatoms. The number of nitrogens with one attached hydrogen (secondary N) is 1. The summed E-state index contributed by atoms with van der Waals surface area (Å²) in [4.78, 5) is 0. The minimum absolute atomic E-state index is 0.535. The van der Waals surface area contributed by atoms with Crippen molar-refractivity contribution in [2.75, 3.05) is 13.1 Å². The molecule has 2 aromatic rings. The van der Waals surface area contributed by atoms with E-state index in [0.717, 1.165) is 36.1 Å². The van der Waals surface area contributed by atoms with Crippen molar-refractivity contribution in [3.05, 3.63) is 51.8 Å². The summed E-state index contributed by atoms with van der Waals surface area (Å²) in [5, 5.41) is 7.96. The number of hydrogen-bond donors (Lipinski definition) is 1. The summed E-state index contributed by atoms with van der Waals surface area (Å²) in [5.41, 5.74) is 3.76. The van der Waals surface area contributed by atoms with Gasteiger partial charge in [0.2, 0.25) is 0 Å². The van der Waals surface area contributed by atoms with Crippen LogP contribution >= 0.6 is 15.9 Å². The Morgan fingerprint density at radius 3 is 2.57 bits per heavy atom. The van der Waals surface area contributed by atoms with Crippen molar-refractivity contribution in [3.63, 3.8) is 0 Å². The van der Waals surface area contributed by atoms with Crippen LogP contribution in [0, 0.1) is 6.92 Å². The van der Waals surface area contributed by atoms with Gasteiger partial charge in [0.1, 0.15) is 0 Å². The van der Waals surface area contributed by atoms with Crippen molar-refractivity contribution in [2.24, 2.45) is 7.05 Å². The smallest absolute Gasteiger partial charge is 0.0738 e. The standard InChI is InChI=1S/C17H24BrN3/c1-4-19-12-15(14-8-6-5-7-9-14)10-11-16-17(18)13(2)20-21(16)3/h5-9,15,19H,4,10-12H2,1-3H3. The normalized spacial score (nSPS) is 12.6. The number of benzene rings is 1. The van der Waals surface area contributed by atoms with E-state index < -0.39 is 0 Å². The number of rotatable bonds is 7. The van der Waals surface area contributed by atoms with Crippen LogP contribution in [0.15, 0.2) is 34.8 Å². The molecule has 1 heterocycles. The van der Waals surface area contributed by atoms with E-state index in [4.69, 9.17) is 0 Å². The van der Waals surface area contributed by atoms with Crippen LogP contribution in [0.5, 0.6) is 0 Å². The lowest BCUT2D eigenvalue weighted by Crippen LogP contribution is -2.22. The molecular formula is C17H24BrN3. The molecule has 0 fully saturated rings. The van der Waals surface area contributed by atoms with E-state index in [1.54, 1.807) is 0 Å². The van der Waals surface area contributed by atoms with Crippen molar-refractivity contribution < 1.29 is 0 Å². The lowest BCUT2D eigenvalue weighted by atomic mass is 9.93. The van der Waals surface area contributed by atoms with Crippen molar-refractivity contribution in [3.8, 4) is 0 Å². The second kappa shape index (κ2) is 7.76. The monoisotopic (exact) mass is 349 g/mol. The highest BCUT2D eigenvalue weighted by atomic mass is 79.9. The van der Waals surface area contributed by atoms with Gasteiger partial charge in [0.25, 0.3) is 0 Å². The van der Waals surface area contributed by atoms with Gasteiger partial charge in [-0.25, -0.2) is 0 Å². The summed E-state index contributed by atoms with van der Waals surface area (Å²) in [7, 11) is 2.02. The predicted molar refractivity (Wildman–Crippen MR) is 91.7 cm³/mol. The van der Waals surface area contributed by atoms with Crippen molar-refractivity contribution in [2.45, 2.75) is 32.6 Å². The fourth-order valence-electron chi connectivity index (χ4n) is 2.69. The average Bonchev–Trinajstić information content (AvgIpc) is 2.74. The van der Waals surface area contributed by atoms with Crippen LogP contribution in [0.3, 0.4) is 0 Å². The van der Waals surface area contributed by atoms with Crippen molar-refractivity contribution in [1.29, 1.82) is 0 Å². The van der Waals surface area contributed by atoms with Crippen LogP contribution in [0.2, 0.25) is 0 Å². The van der Waals surface area contributed by atoms with E-state index >= 15 is 0 Å². The predicted octanol–water partition coefficient (Wildman–Crippen LogP) is 3.82. The van der Waals surface area contributed by atoms with E-state index in [1.807, 2.05) is 18.7 Å². The molecule has 0 aliphatic carbocycles. The van der Waals surface area contributed by atoms with E-state index in [1.165, 1.54) is 11.3 Å². The molecule has 1 aromatic carbocycles. The maximum atomic E-state index is 4.48. The molecule has 1 N–H and O–H groups in total. The van der Waals surface area contributed by atoms with Gasteiger partial charge in [-0.2, -0.15) is 5.10 Å². The Morgan fingerprint density at radius 2 is 2.00 bits per heavy atom. The van der Waals surface area contributed by atoms with E-state index in [0.29, 0.717) is 5.92 Å². The quantitative estimate of drug-likeness (QED) is 0.823. The van der Waals surface area contributed by atoms with Crippen molar-refractivity contribution >= 4 is 15.9 Å². The largest absolute Gasteiger partial charge is 0.316 e. The van der Waals surface area contributed by atoms with E-state index in [-0.39, 0.29) is 0 Å². The summed E-state index contributed by atoms with van der Waals surface area (Å²) in [6.45, 7) is 6.23. The third kappa shape index (κ3) is 4.17. The summed E-state index contributed by atoms with van der Waals surface area (Å²) >= 11 is 3.66. The first-order valence-electron chi connectivity index (χ1n) is 7.57. The second-order valence-electron chi connectivity index (χ2n) is 5.42. The topological polar surface area (TPSA) is 29.9 Å². The fourth-order valence-corrected chi connectivity index (χ4v) is 3.23. The van der Waals surface area contributed by atoms with Crippen LogP contribution in [-0.4, -0.2) is 22.9 Å². The molecule has 0 amide bonds. The molecule has 1 atom stereocenters. The van der Waals surface area contributed by atoms with Gasteiger partial charge in [-0.05, 0) is 53.7 Å². The fraction of sp³-hybridized carbons (Fsp3) is 0.471.